The predicted molar refractivity (Wildman–Crippen MR) is 71.9 cm³/mol. The lowest BCUT2D eigenvalue weighted by atomic mass is 10.1. The molecule has 0 unspecified atom stereocenters. The molecule has 1 heteroatoms. The minimum atomic E-state index is 0.616. The van der Waals surface area contributed by atoms with Crippen molar-refractivity contribution in [3.63, 3.8) is 0 Å². The Kier molecular flexibility index (Phi) is 4.06. The van der Waals surface area contributed by atoms with Crippen LogP contribution in [0.4, 0.5) is 0 Å². The van der Waals surface area contributed by atoms with E-state index in [1.54, 1.807) is 0 Å². The van der Waals surface area contributed by atoms with E-state index >= 15 is 0 Å². The van der Waals surface area contributed by atoms with Crippen LogP contribution in [-0.2, 0) is 6.42 Å². The zero-order chi connectivity index (χ0) is 11.2. The van der Waals surface area contributed by atoms with Gasteiger partial charge in [0, 0.05) is 10.1 Å². The minimum absolute atomic E-state index is 0.616. The average Bonchev–Trinajstić information content (AvgIpc) is 2.31. The Morgan fingerprint density at radius 1 is 0.875 bits per heavy atom. The Labute approximate surface area is 102 Å². The molecule has 0 saturated carbocycles. The van der Waals surface area contributed by atoms with E-state index in [0.717, 1.165) is 6.42 Å². The molecule has 0 N–H and O–H groups in total. The number of rotatable bonds is 4. The first-order valence-corrected chi connectivity index (χ1v) is 6.48. The van der Waals surface area contributed by atoms with Crippen LogP contribution in [0.25, 0.3) is 0 Å². The molecular weight excluding hydrogens is 212 g/mol. The molecule has 0 heterocycles. The average molecular weight is 228 g/mol. The number of hydrogen-bond acceptors (Lipinski definition) is 1. The van der Waals surface area contributed by atoms with Gasteiger partial charge in [-0.1, -0.05) is 55.5 Å². The fraction of sp³-hybridized carbons (Fsp3) is 0.200. The lowest BCUT2D eigenvalue weighted by molar-refractivity contribution is 0.942. The van der Waals surface area contributed by atoms with E-state index in [2.05, 4.69) is 67.6 Å². The third kappa shape index (κ3) is 3.42. The molecule has 0 saturated heterocycles. The smallest absolute Gasteiger partial charge is 0.0106 e. The van der Waals surface area contributed by atoms with Crippen LogP contribution < -0.4 is 0 Å². The topological polar surface area (TPSA) is 0 Å². The van der Waals surface area contributed by atoms with Gasteiger partial charge in [-0.3, -0.25) is 0 Å². The van der Waals surface area contributed by atoms with Gasteiger partial charge in [0.25, 0.3) is 0 Å². The third-order valence-electron chi connectivity index (χ3n) is 2.45. The molecule has 0 spiro atoms. The van der Waals surface area contributed by atoms with Crippen LogP contribution in [0.1, 0.15) is 12.5 Å². The molecule has 2 rings (SSSR count). The predicted octanol–water partition coefficient (Wildman–Crippen LogP) is 4.41. The monoisotopic (exact) mass is 228 g/mol. The molecule has 1 atom stereocenters. The molecule has 2 aromatic rings. The molecule has 0 aromatic heterocycles. The summed E-state index contributed by atoms with van der Waals surface area (Å²) in [6.07, 6.45) is 1.13. The van der Waals surface area contributed by atoms with Crippen LogP contribution in [0.15, 0.2) is 65.6 Å². The van der Waals surface area contributed by atoms with E-state index < -0.39 is 0 Å². The Morgan fingerprint density at radius 3 is 2.06 bits per heavy atom. The van der Waals surface area contributed by atoms with Gasteiger partial charge in [-0.05, 0) is 24.1 Å². The van der Waals surface area contributed by atoms with Crippen molar-refractivity contribution in [1.29, 1.82) is 0 Å². The summed E-state index contributed by atoms with van der Waals surface area (Å²) in [7, 11) is 0. The third-order valence-corrected chi connectivity index (χ3v) is 3.56. The lowest BCUT2D eigenvalue weighted by Gasteiger charge is -2.10. The number of hydrogen-bond donors (Lipinski definition) is 0. The largest absolute Gasteiger partial charge is 0.123 e. The van der Waals surface area contributed by atoms with E-state index in [1.807, 2.05) is 11.8 Å². The standard InChI is InChI=1S/C15H16S/c1-13(12-14-8-4-2-5-9-14)16-15-10-6-3-7-11-15/h2-11,13H,12H2,1H3/t13-/m1/s1. The van der Waals surface area contributed by atoms with Crippen molar-refractivity contribution in [2.24, 2.45) is 0 Å². The Morgan fingerprint density at radius 2 is 1.44 bits per heavy atom. The summed E-state index contributed by atoms with van der Waals surface area (Å²) in [6, 6.07) is 21.3. The molecule has 0 nitrogen and oxygen atoms in total. The molecule has 2 aromatic carbocycles. The van der Waals surface area contributed by atoms with E-state index in [-0.39, 0.29) is 0 Å². The maximum Gasteiger partial charge on any atom is 0.0106 e. The number of thioether (sulfide) groups is 1. The van der Waals surface area contributed by atoms with Crippen LogP contribution in [0, 0.1) is 0 Å². The maximum atomic E-state index is 2.28. The Hall–Kier alpha value is -1.21. The van der Waals surface area contributed by atoms with Gasteiger partial charge in [-0.2, -0.15) is 0 Å². The summed E-state index contributed by atoms with van der Waals surface area (Å²) in [5.74, 6) is 0. The van der Waals surface area contributed by atoms with E-state index in [0.29, 0.717) is 5.25 Å². The van der Waals surface area contributed by atoms with Gasteiger partial charge < -0.3 is 0 Å². The zero-order valence-corrected chi connectivity index (χ0v) is 10.3. The Bertz CT molecular complexity index is 366. The van der Waals surface area contributed by atoms with E-state index in [4.69, 9.17) is 0 Å². The van der Waals surface area contributed by atoms with Crippen molar-refractivity contribution in [1.82, 2.24) is 0 Å². The summed E-state index contributed by atoms with van der Waals surface area (Å²) in [6.45, 7) is 2.28. The van der Waals surface area contributed by atoms with Crippen molar-refractivity contribution < 1.29 is 0 Å². The van der Waals surface area contributed by atoms with Crippen molar-refractivity contribution in [3.8, 4) is 0 Å². The van der Waals surface area contributed by atoms with Gasteiger partial charge in [0.1, 0.15) is 0 Å². The molecule has 0 bridgehead atoms. The van der Waals surface area contributed by atoms with Crippen LogP contribution in [0.2, 0.25) is 0 Å². The first-order chi connectivity index (χ1) is 7.84. The summed E-state index contributed by atoms with van der Waals surface area (Å²) in [5, 5.41) is 0.616. The second-order valence-electron chi connectivity index (χ2n) is 3.93. The SMILES string of the molecule is C[C@H](Cc1ccccc1)Sc1ccccc1. The normalized spacial score (nSPS) is 12.3. The number of benzene rings is 2. The van der Waals surface area contributed by atoms with E-state index in [1.165, 1.54) is 10.5 Å². The van der Waals surface area contributed by atoms with Crippen molar-refractivity contribution in [2.45, 2.75) is 23.5 Å². The Balaban J connectivity index is 1.92. The molecule has 0 amide bonds. The first kappa shape index (κ1) is 11.3. The van der Waals surface area contributed by atoms with Crippen molar-refractivity contribution in [3.05, 3.63) is 66.2 Å². The van der Waals surface area contributed by atoms with Gasteiger partial charge >= 0.3 is 0 Å². The van der Waals surface area contributed by atoms with Crippen LogP contribution in [0.3, 0.4) is 0 Å². The highest BCUT2D eigenvalue weighted by molar-refractivity contribution is 7.99. The fourth-order valence-electron chi connectivity index (χ4n) is 1.72. The minimum Gasteiger partial charge on any atom is -0.123 e. The molecule has 0 radical (unpaired) electrons. The maximum absolute atomic E-state index is 2.28. The second kappa shape index (κ2) is 5.76. The summed E-state index contributed by atoms with van der Waals surface area (Å²) in [5.41, 5.74) is 1.42. The second-order valence-corrected chi connectivity index (χ2v) is 5.44. The molecule has 82 valence electrons. The van der Waals surface area contributed by atoms with Gasteiger partial charge in [-0.25, -0.2) is 0 Å². The molecule has 16 heavy (non-hydrogen) atoms. The zero-order valence-electron chi connectivity index (χ0n) is 9.47. The molecule has 0 fully saturated rings. The van der Waals surface area contributed by atoms with Crippen molar-refractivity contribution >= 4 is 11.8 Å². The quantitative estimate of drug-likeness (QED) is 0.698. The van der Waals surface area contributed by atoms with Gasteiger partial charge in [-0.15, -0.1) is 11.8 Å². The van der Waals surface area contributed by atoms with Gasteiger partial charge in [0.05, 0.1) is 0 Å². The van der Waals surface area contributed by atoms with Gasteiger partial charge in [0.2, 0.25) is 0 Å². The molecule has 0 aliphatic rings. The van der Waals surface area contributed by atoms with Crippen LogP contribution >= 0.6 is 11.8 Å². The summed E-state index contributed by atoms with van der Waals surface area (Å²) in [4.78, 5) is 1.35. The summed E-state index contributed by atoms with van der Waals surface area (Å²) >= 11 is 1.94. The van der Waals surface area contributed by atoms with Gasteiger partial charge in [0.15, 0.2) is 0 Å². The fourth-order valence-corrected chi connectivity index (χ4v) is 2.77. The highest BCUT2D eigenvalue weighted by Gasteiger charge is 2.04. The highest BCUT2D eigenvalue weighted by Crippen LogP contribution is 2.24. The highest BCUT2D eigenvalue weighted by atomic mass is 32.2. The van der Waals surface area contributed by atoms with E-state index in [9.17, 15) is 0 Å². The molecule has 0 aliphatic carbocycles. The molecular formula is C15H16S. The first-order valence-electron chi connectivity index (χ1n) is 5.60. The lowest BCUT2D eigenvalue weighted by Crippen LogP contribution is -2.00. The van der Waals surface area contributed by atoms with Crippen molar-refractivity contribution in [2.75, 3.05) is 0 Å². The molecule has 0 aliphatic heterocycles. The van der Waals surface area contributed by atoms with Crippen LogP contribution in [-0.4, -0.2) is 5.25 Å². The summed E-state index contributed by atoms with van der Waals surface area (Å²) < 4.78 is 0. The van der Waals surface area contributed by atoms with Crippen LogP contribution in [0.5, 0.6) is 0 Å².